The summed E-state index contributed by atoms with van der Waals surface area (Å²) in [5.74, 6) is -0.224. The minimum Gasteiger partial charge on any atom is -0.368 e. The van der Waals surface area contributed by atoms with Gasteiger partial charge in [-0.25, -0.2) is 0 Å². The predicted octanol–water partition coefficient (Wildman–Crippen LogP) is 1.74. The van der Waals surface area contributed by atoms with Gasteiger partial charge in [0.2, 0.25) is 5.91 Å². The number of nitrogens with two attached hydrogens (primary N) is 1. The van der Waals surface area contributed by atoms with Gasteiger partial charge < -0.3 is 16.0 Å². The molecule has 1 saturated carbocycles. The number of primary amides is 1. The summed E-state index contributed by atoms with van der Waals surface area (Å²) in [6.45, 7) is 10.7. The first-order valence-corrected chi connectivity index (χ1v) is 7.38. The van der Waals surface area contributed by atoms with Crippen LogP contribution in [0.4, 0.5) is 0 Å². The van der Waals surface area contributed by atoms with Gasteiger partial charge in [-0.2, -0.15) is 0 Å². The van der Waals surface area contributed by atoms with Crippen molar-refractivity contribution in [1.29, 1.82) is 0 Å². The third-order valence-corrected chi connectivity index (χ3v) is 3.60. The molecule has 1 aliphatic rings. The number of carbonyl (C=O) groups excluding carboxylic acids is 1. The zero-order valence-corrected chi connectivity index (χ0v) is 13.3. The second-order valence-electron chi connectivity index (χ2n) is 7.52. The Morgan fingerprint density at radius 2 is 1.89 bits per heavy atom. The molecule has 0 saturated heterocycles. The van der Waals surface area contributed by atoms with Crippen LogP contribution in [0.15, 0.2) is 0 Å². The molecule has 1 rings (SSSR count). The van der Waals surface area contributed by atoms with Crippen molar-refractivity contribution >= 4 is 5.91 Å². The molecule has 4 heteroatoms. The fourth-order valence-electron chi connectivity index (χ4n) is 2.54. The average Bonchev–Trinajstić information content (AvgIpc) is 2.98. The van der Waals surface area contributed by atoms with Crippen LogP contribution >= 0.6 is 0 Å². The molecule has 0 bridgehead atoms. The summed E-state index contributed by atoms with van der Waals surface area (Å²) in [5, 5.41) is 3.40. The van der Waals surface area contributed by atoms with Crippen LogP contribution in [0.25, 0.3) is 0 Å². The zero-order valence-electron chi connectivity index (χ0n) is 13.3. The van der Waals surface area contributed by atoms with E-state index < -0.39 is 5.54 Å². The molecular formula is C15H31N3O. The monoisotopic (exact) mass is 269 g/mol. The van der Waals surface area contributed by atoms with Crippen LogP contribution in [0.2, 0.25) is 0 Å². The first-order chi connectivity index (χ1) is 8.62. The lowest BCUT2D eigenvalue weighted by molar-refractivity contribution is -0.124. The Labute approximate surface area is 118 Å². The van der Waals surface area contributed by atoms with Crippen LogP contribution < -0.4 is 11.1 Å². The molecular weight excluding hydrogens is 238 g/mol. The number of hydrogen-bond donors (Lipinski definition) is 2. The van der Waals surface area contributed by atoms with Crippen LogP contribution in [0.5, 0.6) is 0 Å². The summed E-state index contributed by atoms with van der Waals surface area (Å²) in [5.41, 5.74) is 5.33. The Bertz CT molecular complexity index is 307. The molecule has 0 aromatic rings. The van der Waals surface area contributed by atoms with Crippen molar-refractivity contribution in [3.63, 3.8) is 0 Å². The average molecular weight is 269 g/mol. The standard InChI is InChI=1S/C15H31N3O/c1-14(2,3)11-18(5)10-6-9-15(4,13(16)19)17-12-7-8-12/h12,17H,6-11H2,1-5H3,(H2,16,19). The van der Waals surface area contributed by atoms with E-state index in [1.807, 2.05) is 6.92 Å². The smallest absolute Gasteiger partial charge is 0.237 e. The molecule has 3 N–H and O–H groups in total. The van der Waals surface area contributed by atoms with Crippen molar-refractivity contribution in [2.75, 3.05) is 20.1 Å². The fourth-order valence-corrected chi connectivity index (χ4v) is 2.54. The molecule has 4 nitrogen and oxygen atoms in total. The highest BCUT2D eigenvalue weighted by Crippen LogP contribution is 2.25. The normalized spacial score (nSPS) is 19.5. The van der Waals surface area contributed by atoms with E-state index in [1.165, 1.54) is 12.8 Å². The first kappa shape index (κ1) is 16.4. The molecule has 1 amide bonds. The summed E-state index contributed by atoms with van der Waals surface area (Å²) < 4.78 is 0. The van der Waals surface area contributed by atoms with Gasteiger partial charge in [-0.1, -0.05) is 20.8 Å². The van der Waals surface area contributed by atoms with Gasteiger partial charge in [-0.15, -0.1) is 0 Å². The summed E-state index contributed by atoms with van der Waals surface area (Å²) in [4.78, 5) is 14.0. The largest absolute Gasteiger partial charge is 0.368 e. The van der Waals surface area contributed by atoms with E-state index >= 15 is 0 Å². The van der Waals surface area contributed by atoms with Gasteiger partial charge in [0.15, 0.2) is 0 Å². The second-order valence-corrected chi connectivity index (χ2v) is 7.52. The molecule has 1 aliphatic carbocycles. The maximum Gasteiger partial charge on any atom is 0.237 e. The van der Waals surface area contributed by atoms with Crippen molar-refractivity contribution < 1.29 is 4.79 Å². The summed E-state index contributed by atoms with van der Waals surface area (Å²) in [6, 6.07) is 0.504. The summed E-state index contributed by atoms with van der Waals surface area (Å²) >= 11 is 0. The van der Waals surface area contributed by atoms with Crippen molar-refractivity contribution in [3.8, 4) is 0 Å². The highest BCUT2D eigenvalue weighted by atomic mass is 16.1. The van der Waals surface area contributed by atoms with E-state index in [-0.39, 0.29) is 5.91 Å². The maximum absolute atomic E-state index is 11.6. The van der Waals surface area contributed by atoms with Crippen molar-refractivity contribution in [3.05, 3.63) is 0 Å². The quantitative estimate of drug-likeness (QED) is 0.705. The van der Waals surface area contributed by atoms with Gasteiger partial charge in [0, 0.05) is 12.6 Å². The van der Waals surface area contributed by atoms with Gasteiger partial charge in [-0.3, -0.25) is 4.79 Å². The van der Waals surface area contributed by atoms with E-state index in [2.05, 4.69) is 38.0 Å². The summed E-state index contributed by atoms with van der Waals surface area (Å²) in [6.07, 6.45) is 4.15. The lowest BCUT2D eigenvalue weighted by Crippen LogP contribution is -2.54. The molecule has 112 valence electrons. The Morgan fingerprint density at radius 3 is 2.32 bits per heavy atom. The Morgan fingerprint density at radius 1 is 1.32 bits per heavy atom. The number of rotatable bonds is 8. The zero-order chi connectivity index (χ0) is 14.7. The van der Waals surface area contributed by atoms with Crippen molar-refractivity contribution in [2.24, 2.45) is 11.1 Å². The molecule has 1 unspecified atom stereocenters. The molecule has 0 aromatic carbocycles. The minimum absolute atomic E-state index is 0.224. The molecule has 0 aliphatic heterocycles. The third kappa shape index (κ3) is 6.39. The third-order valence-electron chi connectivity index (χ3n) is 3.60. The Hall–Kier alpha value is -0.610. The van der Waals surface area contributed by atoms with Gasteiger partial charge in [-0.05, 0) is 51.6 Å². The Balaban J connectivity index is 2.33. The number of hydrogen-bond acceptors (Lipinski definition) is 3. The van der Waals surface area contributed by atoms with Crippen molar-refractivity contribution in [1.82, 2.24) is 10.2 Å². The Kier molecular flexibility index (Phi) is 5.39. The predicted molar refractivity (Wildman–Crippen MR) is 79.9 cm³/mol. The fraction of sp³-hybridized carbons (Fsp3) is 0.933. The van der Waals surface area contributed by atoms with Crippen molar-refractivity contribution in [2.45, 2.75) is 65.0 Å². The molecule has 1 fully saturated rings. The van der Waals surface area contributed by atoms with Gasteiger partial charge >= 0.3 is 0 Å². The van der Waals surface area contributed by atoms with Crippen LogP contribution in [0.1, 0.15) is 53.4 Å². The molecule has 19 heavy (non-hydrogen) atoms. The van der Waals surface area contributed by atoms with Crippen LogP contribution in [0.3, 0.4) is 0 Å². The molecule has 0 spiro atoms. The SMILES string of the molecule is CN(CCCC(C)(NC1CC1)C(N)=O)CC(C)(C)C. The second kappa shape index (κ2) is 6.23. The summed E-state index contributed by atoms with van der Waals surface area (Å²) in [7, 11) is 2.14. The van der Waals surface area contributed by atoms with E-state index in [1.54, 1.807) is 0 Å². The topological polar surface area (TPSA) is 58.4 Å². The van der Waals surface area contributed by atoms with Gasteiger partial charge in [0.05, 0.1) is 5.54 Å². The highest BCUT2D eigenvalue weighted by molar-refractivity contribution is 5.84. The first-order valence-electron chi connectivity index (χ1n) is 7.38. The number of carbonyl (C=O) groups is 1. The van der Waals surface area contributed by atoms with Gasteiger partial charge in [0.1, 0.15) is 0 Å². The molecule has 0 aromatic heterocycles. The van der Waals surface area contributed by atoms with Gasteiger partial charge in [0.25, 0.3) is 0 Å². The van der Waals surface area contributed by atoms with Crippen LogP contribution in [-0.4, -0.2) is 42.5 Å². The van der Waals surface area contributed by atoms with E-state index in [0.29, 0.717) is 11.5 Å². The minimum atomic E-state index is -0.538. The number of amides is 1. The number of nitrogens with zero attached hydrogens (tertiary/aromatic N) is 1. The lowest BCUT2D eigenvalue weighted by Gasteiger charge is -2.30. The van der Waals surface area contributed by atoms with Crippen LogP contribution in [0, 0.1) is 5.41 Å². The lowest BCUT2D eigenvalue weighted by atomic mass is 9.93. The highest BCUT2D eigenvalue weighted by Gasteiger charge is 2.36. The van der Waals surface area contributed by atoms with Crippen LogP contribution in [-0.2, 0) is 4.79 Å². The van der Waals surface area contributed by atoms with E-state index in [0.717, 1.165) is 25.9 Å². The number of nitrogens with one attached hydrogen (secondary N) is 1. The van der Waals surface area contributed by atoms with E-state index in [9.17, 15) is 4.79 Å². The van der Waals surface area contributed by atoms with E-state index in [4.69, 9.17) is 5.73 Å². The molecule has 1 atom stereocenters. The maximum atomic E-state index is 11.6. The molecule has 0 radical (unpaired) electrons. The molecule has 0 heterocycles.